The number of rotatable bonds is 3. The van der Waals surface area contributed by atoms with E-state index >= 15 is 0 Å². The van der Waals surface area contributed by atoms with Crippen molar-refractivity contribution in [2.75, 3.05) is 7.05 Å². The molecule has 0 atom stereocenters. The van der Waals surface area contributed by atoms with Crippen molar-refractivity contribution in [2.24, 2.45) is 5.41 Å². The Kier molecular flexibility index (Phi) is 3.75. The fourth-order valence-electron chi connectivity index (χ4n) is 2.70. The van der Waals surface area contributed by atoms with Crippen LogP contribution in [-0.4, -0.2) is 36.0 Å². The molecule has 1 aromatic heterocycles. The van der Waals surface area contributed by atoms with Crippen LogP contribution in [0.4, 0.5) is 0 Å². The molecule has 1 heterocycles. The van der Waals surface area contributed by atoms with Gasteiger partial charge in [0.2, 0.25) is 10.0 Å². The summed E-state index contributed by atoms with van der Waals surface area (Å²) in [5.41, 5.74) is 0.940. The van der Waals surface area contributed by atoms with Gasteiger partial charge in [-0.1, -0.05) is 13.8 Å². The van der Waals surface area contributed by atoms with Gasteiger partial charge in [-0.05, 0) is 38.0 Å². The first-order chi connectivity index (χ1) is 8.74. The number of aryl methyl sites for hydroxylation is 1. The van der Waals surface area contributed by atoms with Crippen LogP contribution in [-0.2, 0) is 10.0 Å². The first-order valence-electron chi connectivity index (χ1n) is 6.72. The predicted octanol–water partition coefficient (Wildman–Crippen LogP) is 2.31. The van der Waals surface area contributed by atoms with E-state index in [0.717, 1.165) is 25.7 Å². The Bertz CT molecular complexity index is 538. The van der Waals surface area contributed by atoms with Gasteiger partial charge in [-0.25, -0.2) is 8.42 Å². The maximum atomic E-state index is 12.5. The summed E-state index contributed by atoms with van der Waals surface area (Å²) in [5.74, 6) is 0. The van der Waals surface area contributed by atoms with Crippen LogP contribution >= 0.6 is 0 Å². The fourth-order valence-corrected chi connectivity index (χ4v) is 4.23. The molecule has 19 heavy (non-hydrogen) atoms. The smallest absolute Gasteiger partial charge is 0.246 e. The first kappa shape index (κ1) is 14.5. The molecule has 6 heteroatoms. The van der Waals surface area contributed by atoms with Crippen LogP contribution < -0.4 is 0 Å². The lowest BCUT2D eigenvalue weighted by Gasteiger charge is -2.37. The molecular formula is C13H23N3O2S. The SMILES string of the molecule is Cc1[nH]ncc1S(=O)(=O)N(C)C1CCC(C)(C)CC1. The zero-order valence-electron chi connectivity index (χ0n) is 12.1. The van der Waals surface area contributed by atoms with E-state index in [1.54, 1.807) is 14.0 Å². The first-order valence-corrected chi connectivity index (χ1v) is 8.16. The average molecular weight is 285 g/mol. The van der Waals surface area contributed by atoms with Crippen LogP contribution in [0.15, 0.2) is 11.1 Å². The monoisotopic (exact) mass is 285 g/mol. The second kappa shape index (κ2) is 4.90. The van der Waals surface area contributed by atoms with Gasteiger partial charge in [0.05, 0.1) is 11.9 Å². The van der Waals surface area contributed by atoms with E-state index in [4.69, 9.17) is 0 Å². The largest absolute Gasteiger partial charge is 0.281 e. The minimum absolute atomic E-state index is 0.104. The van der Waals surface area contributed by atoms with Gasteiger partial charge in [0.1, 0.15) is 4.90 Å². The standard InChI is InChI=1S/C13H23N3O2S/c1-10-12(9-14-15-10)19(17,18)16(4)11-5-7-13(2,3)8-6-11/h9,11H,5-8H2,1-4H3,(H,14,15). The molecule has 2 rings (SSSR count). The molecule has 1 saturated carbocycles. The molecule has 0 bridgehead atoms. The van der Waals surface area contributed by atoms with Crippen molar-refractivity contribution < 1.29 is 8.42 Å². The van der Waals surface area contributed by atoms with Gasteiger partial charge in [0, 0.05) is 13.1 Å². The molecule has 1 aromatic rings. The van der Waals surface area contributed by atoms with Gasteiger partial charge in [0.25, 0.3) is 0 Å². The molecule has 0 unspecified atom stereocenters. The number of nitrogens with one attached hydrogen (secondary N) is 1. The van der Waals surface area contributed by atoms with Gasteiger partial charge < -0.3 is 0 Å². The van der Waals surface area contributed by atoms with E-state index in [2.05, 4.69) is 24.0 Å². The van der Waals surface area contributed by atoms with Gasteiger partial charge in [-0.15, -0.1) is 0 Å². The Balaban J connectivity index is 2.16. The third-order valence-corrected chi connectivity index (χ3v) is 6.29. The zero-order valence-corrected chi connectivity index (χ0v) is 12.9. The number of aromatic amines is 1. The van der Waals surface area contributed by atoms with Crippen molar-refractivity contribution in [3.05, 3.63) is 11.9 Å². The van der Waals surface area contributed by atoms with Crippen LogP contribution in [0.5, 0.6) is 0 Å². The van der Waals surface area contributed by atoms with Gasteiger partial charge in [-0.2, -0.15) is 9.40 Å². The fraction of sp³-hybridized carbons (Fsp3) is 0.769. The van der Waals surface area contributed by atoms with E-state index in [-0.39, 0.29) is 6.04 Å². The lowest BCUT2D eigenvalue weighted by atomic mass is 9.76. The summed E-state index contributed by atoms with van der Waals surface area (Å²) in [6.45, 7) is 6.23. The van der Waals surface area contributed by atoms with Crippen molar-refractivity contribution in [3.8, 4) is 0 Å². The summed E-state index contributed by atoms with van der Waals surface area (Å²) < 4.78 is 26.6. The average Bonchev–Trinajstić information content (AvgIpc) is 2.75. The number of H-pyrrole nitrogens is 1. The van der Waals surface area contributed by atoms with E-state index in [1.807, 2.05) is 0 Å². The van der Waals surface area contributed by atoms with Crippen LogP contribution in [0.1, 0.15) is 45.2 Å². The minimum atomic E-state index is -3.42. The quantitative estimate of drug-likeness (QED) is 0.926. The molecule has 0 aromatic carbocycles. The summed E-state index contributed by atoms with van der Waals surface area (Å²) in [5, 5.41) is 6.50. The normalized spacial score (nSPS) is 20.9. The molecule has 0 amide bonds. The molecule has 5 nitrogen and oxygen atoms in total. The predicted molar refractivity (Wildman–Crippen MR) is 74.3 cm³/mol. The van der Waals surface area contributed by atoms with Gasteiger partial charge in [0.15, 0.2) is 0 Å². The highest BCUT2D eigenvalue weighted by atomic mass is 32.2. The van der Waals surface area contributed by atoms with E-state index in [0.29, 0.717) is 16.0 Å². The Morgan fingerprint density at radius 2 is 1.95 bits per heavy atom. The molecule has 1 aliphatic carbocycles. The number of hydrogen-bond acceptors (Lipinski definition) is 3. The third-order valence-electron chi connectivity index (χ3n) is 4.26. The van der Waals surface area contributed by atoms with Crippen LogP contribution in [0.3, 0.4) is 0 Å². The Labute approximate surface area is 115 Å². The van der Waals surface area contributed by atoms with Crippen molar-refractivity contribution in [1.29, 1.82) is 0 Å². The highest BCUT2D eigenvalue weighted by molar-refractivity contribution is 7.89. The molecule has 0 radical (unpaired) electrons. The molecule has 0 saturated heterocycles. The van der Waals surface area contributed by atoms with Gasteiger partial charge >= 0.3 is 0 Å². The number of aromatic nitrogens is 2. The highest BCUT2D eigenvalue weighted by Crippen LogP contribution is 2.37. The maximum absolute atomic E-state index is 12.5. The highest BCUT2D eigenvalue weighted by Gasteiger charge is 2.35. The molecule has 108 valence electrons. The lowest BCUT2D eigenvalue weighted by molar-refractivity contribution is 0.174. The number of sulfonamides is 1. The Morgan fingerprint density at radius 1 is 1.37 bits per heavy atom. The molecule has 0 aliphatic heterocycles. The molecular weight excluding hydrogens is 262 g/mol. The van der Waals surface area contributed by atoms with Crippen molar-refractivity contribution in [3.63, 3.8) is 0 Å². The van der Waals surface area contributed by atoms with E-state index in [1.165, 1.54) is 10.5 Å². The van der Waals surface area contributed by atoms with E-state index < -0.39 is 10.0 Å². The minimum Gasteiger partial charge on any atom is -0.281 e. The topological polar surface area (TPSA) is 66.1 Å². The summed E-state index contributed by atoms with van der Waals surface area (Å²) in [6.07, 6.45) is 5.40. The second-order valence-corrected chi connectivity index (χ2v) is 8.24. The Hall–Kier alpha value is -0.880. The Morgan fingerprint density at radius 3 is 2.42 bits per heavy atom. The number of hydrogen-bond donors (Lipinski definition) is 1. The number of nitrogens with zero attached hydrogens (tertiary/aromatic N) is 2. The molecule has 1 aliphatic rings. The summed E-state index contributed by atoms with van der Waals surface area (Å²) in [6, 6.07) is 0.104. The van der Waals surface area contributed by atoms with Crippen molar-refractivity contribution >= 4 is 10.0 Å². The summed E-state index contributed by atoms with van der Waals surface area (Å²) in [4.78, 5) is 0.292. The zero-order chi connectivity index (χ0) is 14.3. The van der Waals surface area contributed by atoms with Crippen molar-refractivity contribution in [1.82, 2.24) is 14.5 Å². The molecule has 1 fully saturated rings. The second-order valence-electron chi connectivity index (χ2n) is 6.28. The van der Waals surface area contributed by atoms with Crippen LogP contribution in [0, 0.1) is 12.3 Å². The molecule has 1 N–H and O–H groups in total. The van der Waals surface area contributed by atoms with E-state index in [9.17, 15) is 8.42 Å². The van der Waals surface area contributed by atoms with Gasteiger partial charge in [-0.3, -0.25) is 5.10 Å². The third kappa shape index (κ3) is 2.84. The summed E-state index contributed by atoms with van der Waals surface area (Å²) in [7, 11) is -1.74. The maximum Gasteiger partial charge on any atom is 0.246 e. The summed E-state index contributed by atoms with van der Waals surface area (Å²) >= 11 is 0. The van der Waals surface area contributed by atoms with Crippen molar-refractivity contribution in [2.45, 2.75) is 57.4 Å². The van der Waals surface area contributed by atoms with Crippen LogP contribution in [0.2, 0.25) is 0 Å². The molecule has 0 spiro atoms. The lowest BCUT2D eigenvalue weighted by Crippen LogP contribution is -2.40. The van der Waals surface area contributed by atoms with Crippen LogP contribution in [0.25, 0.3) is 0 Å².